The molecule has 0 saturated heterocycles. The minimum atomic E-state index is -3.63. The number of sulfone groups is 1. The number of thioether (sulfide) groups is 1. The second kappa shape index (κ2) is 6.90. The highest BCUT2D eigenvalue weighted by Crippen LogP contribution is 2.24. The number of aromatic nitrogens is 1. The summed E-state index contributed by atoms with van der Waals surface area (Å²) in [6.45, 7) is 0. The zero-order chi connectivity index (χ0) is 17.2. The molecule has 0 N–H and O–H groups in total. The molecule has 5 nitrogen and oxygen atoms in total. The summed E-state index contributed by atoms with van der Waals surface area (Å²) >= 11 is 7.39. The van der Waals surface area contributed by atoms with Gasteiger partial charge >= 0.3 is 0 Å². The molecule has 0 aliphatic rings. The molecule has 0 aliphatic carbocycles. The van der Waals surface area contributed by atoms with Crippen LogP contribution in [0, 0.1) is 0 Å². The first kappa shape index (κ1) is 17.8. The monoisotopic (exact) mass is 370 g/mol. The molecule has 23 heavy (non-hydrogen) atoms. The number of rotatable bonds is 4. The van der Waals surface area contributed by atoms with Gasteiger partial charge in [-0.2, -0.15) is 0 Å². The number of hydrogen-bond donors (Lipinski definition) is 0. The molecule has 0 spiro atoms. The van der Waals surface area contributed by atoms with Crippen LogP contribution in [0.5, 0.6) is 0 Å². The molecule has 1 amide bonds. The third kappa shape index (κ3) is 4.04. The third-order valence-corrected chi connectivity index (χ3v) is 5.25. The van der Waals surface area contributed by atoms with Crippen LogP contribution in [0.25, 0.3) is 0 Å². The molecule has 122 valence electrons. The lowest BCUT2D eigenvalue weighted by atomic mass is 10.2. The Bertz CT molecular complexity index is 836. The lowest BCUT2D eigenvalue weighted by molar-refractivity contribution is 0.0985. The van der Waals surface area contributed by atoms with Crippen LogP contribution in [0.2, 0.25) is 5.02 Å². The van der Waals surface area contributed by atoms with Gasteiger partial charge in [-0.1, -0.05) is 11.6 Å². The first-order chi connectivity index (χ1) is 10.7. The topological polar surface area (TPSA) is 67.3 Å². The van der Waals surface area contributed by atoms with E-state index >= 15 is 0 Å². The fourth-order valence-electron chi connectivity index (χ4n) is 1.95. The van der Waals surface area contributed by atoms with E-state index in [1.54, 1.807) is 30.9 Å². The van der Waals surface area contributed by atoms with Crippen LogP contribution in [0.4, 0.5) is 5.69 Å². The highest BCUT2D eigenvalue weighted by Gasteiger charge is 2.24. The lowest BCUT2D eigenvalue weighted by Crippen LogP contribution is -2.28. The molecule has 0 atom stereocenters. The summed E-state index contributed by atoms with van der Waals surface area (Å²) in [7, 11) is -2.06. The summed E-state index contributed by atoms with van der Waals surface area (Å²) in [5.74, 6) is -0.515. The second-order valence-corrected chi connectivity index (χ2v) is 8.13. The smallest absolute Gasteiger partial charge is 0.277 e. The van der Waals surface area contributed by atoms with Crippen LogP contribution in [0.1, 0.15) is 10.5 Å². The predicted octanol–water partition coefficient (Wildman–Crippen LogP) is 3.14. The van der Waals surface area contributed by atoms with Gasteiger partial charge in [0.2, 0.25) is 0 Å². The van der Waals surface area contributed by atoms with E-state index in [-0.39, 0.29) is 15.6 Å². The number of pyridine rings is 1. The first-order valence-electron chi connectivity index (χ1n) is 6.51. The Kier molecular flexibility index (Phi) is 5.33. The van der Waals surface area contributed by atoms with Crippen molar-refractivity contribution in [3.05, 3.63) is 47.2 Å². The third-order valence-electron chi connectivity index (χ3n) is 3.19. The van der Waals surface area contributed by atoms with Crippen molar-refractivity contribution in [2.75, 3.05) is 24.5 Å². The molecular formula is C15H15ClN2O3S2. The van der Waals surface area contributed by atoms with Crippen LogP contribution < -0.4 is 4.90 Å². The molecule has 1 aromatic carbocycles. The minimum absolute atomic E-state index is 0.145. The first-order valence-corrected chi connectivity index (χ1v) is 10.0. The van der Waals surface area contributed by atoms with Gasteiger partial charge in [0.15, 0.2) is 9.84 Å². The van der Waals surface area contributed by atoms with E-state index in [2.05, 4.69) is 4.98 Å². The number of anilines is 1. The molecular weight excluding hydrogens is 356 g/mol. The zero-order valence-electron chi connectivity index (χ0n) is 12.8. The Morgan fingerprint density at radius 3 is 2.39 bits per heavy atom. The van der Waals surface area contributed by atoms with E-state index in [9.17, 15) is 13.2 Å². The molecule has 2 aromatic rings. The van der Waals surface area contributed by atoms with E-state index in [1.807, 2.05) is 18.4 Å². The number of carbonyl (C=O) groups excluding carboxylic acids is 1. The molecule has 0 fully saturated rings. The average molecular weight is 371 g/mol. The van der Waals surface area contributed by atoms with Crippen molar-refractivity contribution in [3.8, 4) is 0 Å². The molecule has 0 bridgehead atoms. The number of halogens is 1. The van der Waals surface area contributed by atoms with Crippen LogP contribution in [0.3, 0.4) is 0 Å². The van der Waals surface area contributed by atoms with Crippen LogP contribution >= 0.6 is 23.4 Å². The fraction of sp³-hybridized carbons (Fsp3) is 0.200. The summed E-state index contributed by atoms with van der Waals surface area (Å²) in [5.41, 5.74) is 0.498. The van der Waals surface area contributed by atoms with Crippen molar-refractivity contribution < 1.29 is 13.2 Å². The van der Waals surface area contributed by atoms with Gasteiger partial charge in [0.25, 0.3) is 5.91 Å². The summed E-state index contributed by atoms with van der Waals surface area (Å²) in [6, 6.07) is 8.59. The number of amides is 1. The molecule has 1 aromatic heterocycles. The Labute approximate surface area is 144 Å². The largest absolute Gasteiger partial charge is 0.310 e. The molecule has 0 radical (unpaired) electrons. The highest BCUT2D eigenvalue weighted by molar-refractivity contribution is 7.98. The van der Waals surface area contributed by atoms with Gasteiger partial charge in [-0.05, 0) is 36.6 Å². The number of hydrogen-bond acceptors (Lipinski definition) is 5. The van der Waals surface area contributed by atoms with Crippen molar-refractivity contribution in [2.45, 2.75) is 9.79 Å². The van der Waals surface area contributed by atoms with Gasteiger partial charge in [-0.25, -0.2) is 13.4 Å². The second-order valence-electron chi connectivity index (χ2n) is 4.83. The van der Waals surface area contributed by atoms with Crippen LogP contribution in [-0.2, 0) is 9.84 Å². The molecule has 0 unspecified atom stereocenters. The summed E-state index contributed by atoms with van der Waals surface area (Å²) < 4.78 is 23.8. The highest BCUT2D eigenvalue weighted by atomic mass is 35.5. The Balaban J connectivity index is 2.43. The van der Waals surface area contributed by atoms with E-state index < -0.39 is 15.7 Å². The number of carbonyl (C=O) groups is 1. The maximum atomic E-state index is 12.6. The van der Waals surface area contributed by atoms with E-state index in [4.69, 9.17) is 11.6 Å². The predicted molar refractivity (Wildman–Crippen MR) is 93.3 cm³/mol. The van der Waals surface area contributed by atoms with Gasteiger partial charge in [0, 0.05) is 30.1 Å². The Morgan fingerprint density at radius 1 is 1.26 bits per heavy atom. The van der Waals surface area contributed by atoms with Gasteiger partial charge in [-0.3, -0.25) is 4.79 Å². The van der Waals surface area contributed by atoms with Gasteiger partial charge < -0.3 is 4.90 Å². The summed E-state index contributed by atoms with van der Waals surface area (Å²) in [5, 5.41) is 0.161. The quantitative estimate of drug-likeness (QED) is 0.773. The minimum Gasteiger partial charge on any atom is -0.310 e. The van der Waals surface area contributed by atoms with E-state index in [1.165, 1.54) is 17.2 Å². The van der Waals surface area contributed by atoms with Gasteiger partial charge in [0.05, 0.1) is 9.92 Å². The Morgan fingerprint density at radius 2 is 1.87 bits per heavy atom. The number of benzene rings is 1. The van der Waals surface area contributed by atoms with Crippen molar-refractivity contribution >= 4 is 44.8 Å². The fourth-order valence-corrected chi connectivity index (χ4v) is 3.41. The molecule has 0 aliphatic heterocycles. The van der Waals surface area contributed by atoms with Crippen molar-refractivity contribution in [1.29, 1.82) is 0 Å². The lowest BCUT2D eigenvalue weighted by Gasteiger charge is -2.18. The van der Waals surface area contributed by atoms with Crippen LogP contribution in [-0.4, -0.2) is 38.9 Å². The van der Waals surface area contributed by atoms with Crippen molar-refractivity contribution in [2.24, 2.45) is 0 Å². The van der Waals surface area contributed by atoms with E-state index in [0.717, 1.165) is 11.2 Å². The maximum Gasteiger partial charge on any atom is 0.277 e. The van der Waals surface area contributed by atoms with Crippen molar-refractivity contribution in [1.82, 2.24) is 4.98 Å². The van der Waals surface area contributed by atoms with E-state index in [0.29, 0.717) is 5.69 Å². The standard InChI is InChI=1S/C15H15ClN2O3S2/c1-18(11-4-6-12(22-2)7-5-11)15(19)14-13(23(3,20)21)8-10(16)9-17-14/h4-9H,1-3H3. The van der Waals surface area contributed by atoms with Crippen LogP contribution in [0.15, 0.2) is 46.3 Å². The van der Waals surface area contributed by atoms with Gasteiger partial charge in [-0.15, -0.1) is 11.8 Å². The molecule has 2 rings (SSSR count). The number of nitrogens with zero attached hydrogens (tertiary/aromatic N) is 2. The Hall–Kier alpha value is -1.57. The average Bonchev–Trinajstić information content (AvgIpc) is 2.52. The van der Waals surface area contributed by atoms with Crippen molar-refractivity contribution in [3.63, 3.8) is 0 Å². The molecule has 0 saturated carbocycles. The summed E-state index contributed by atoms with van der Waals surface area (Å²) in [4.78, 5) is 18.8. The van der Waals surface area contributed by atoms with Gasteiger partial charge in [0.1, 0.15) is 5.69 Å². The summed E-state index contributed by atoms with van der Waals surface area (Å²) in [6.07, 6.45) is 4.23. The normalized spacial score (nSPS) is 11.3. The molecule has 8 heteroatoms. The zero-order valence-corrected chi connectivity index (χ0v) is 15.2. The molecule has 1 heterocycles. The maximum absolute atomic E-state index is 12.6. The SMILES string of the molecule is CSc1ccc(N(C)C(=O)c2ncc(Cl)cc2S(C)(=O)=O)cc1.